The van der Waals surface area contributed by atoms with Crippen LogP contribution < -0.4 is 5.43 Å². The first-order chi connectivity index (χ1) is 9.02. The van der Waals surface area contributed by atoms with Crippen molar-refractivity contribution < 1.29 is 9.90 Å². The Morgan fingerprint density at radius 3 is 2.74 bits per heavy atom. The molecule has 0 radical (unpaired) electrons. The van der Waals surface area contributed by atoms with E-state index in [1.54, 1.807) is 6.07 Å². The molecule has 102 valence electrons. The van der Waals surface area contributed by atoms with Gasteiger partial charge in [0.05, 0.1) is 10.7 Å². The molecule has 0 saturated heterocycles. The highest BCUT2D eigenvalue weighted by atomic mass is 35.5. The first-order valence-corrected chi connectivity index (χ1v) is 6.83. The van der Waals surface area contributed by atoms with Gasteiger partial charge >= 0.3 is 0 Å². The Hall–Kier alpha value is -1.26. The van der Waals surface area contributed by atoms with Gasteiger partial charge in [-0.15, -0.1) is 0 Å². The zero-order valence-corrected chi connectivity index (χ0v) is 11.9. The van der Waals surface area contributed by atoms with Crippen molar-refractivity contribution in [2.24, 2.45) is 11.0 Å². The Morgan fingerprint density at radius 1 is 1.47 bits per heavy atom. The van der Waals surface area contributed by atoms with Crippen LogP contribution in [-0.4, -0.2) is 16.7 Å². The number of hydrogen-bond donors (Lipinski definition) is 2. The van der Waals surface area contributed by atoms with Crippen molar-refractivity contribution in [3.8, 4) is 5.75 Å². The molecule has 2 rings (SSSR count). The number of nitrogens with one attached hydrogen (secondary N) is 1. The summed E-state index contributed by atoms with van der Waals surface area (Å²) in [6, 6.07) is 3.03. The summed E-state index contributed by atoms with van der Waals surface area (Å²) in [5.74, 6) is -0.0793. The second kappa shape index (κ2) is 5.80. The highest BCUT2D eigenvalue weighted by molar-refractivity contribution is 6.36. The first kappa shape index (κ1) is 14.2. The van der Waals surface area contributed by atoms with Crippen molar-refractivity contribution in [3.63, 3.8) is 0 Å². The lowest BCUT2D eigenvalue weighted by molar-refractivity contribution is -0.122. The monoisotopic (exact) mass is 300 g/mol. The number of halogens is 2. The average molecular weight is 301 g/mol. The molecule has 1 aliphatic rings. The van der Waals surface area contributed by atoms with Crippen molar-refractivity contribution in [3.05, 3.63) is 27.7 Å². The number of nitrogens with zero attached hydrogens (tertiary/aromatic N) is 1. The van der Waals surface area contributed by atoms with Crippen LogP contribution >= 0.6 is 23.2 Å². The summed E-state index contributed by atoms with van der Waals surface area (Å²) < 4.78 is 0. The Labute approximate surface area is 121 Å². The number of rotatable bonds is 4. The van der Waals surface area contributed by atoms with Crippen LogP contribution in [0.25, 0.3) is 0 Å². The van der Waals surface area contributed by atoms with Crippen molar-refractivity contribution in [2.75, 3.05) is 0 Å². The fourth-order valence-corrected chi connectivity index (χ4v) is 2.17. The molecule has 0 heterocycles. The molecule has 0 spiro atoms. The van der Waals surface area contributed by atoms with Crippen molar-refractivity contribution >= 4 is 34.8 Å². The molecule has 1 amide bonds. The third-order valence-electron chi connectivity index (χ3n) is 2.92. The summed E-state index contributed by atoms with van der Waals surface area (Å²) in [5, 5.41) is 14.6. The van der Waals surface area contributed by atoms with Crippen LogP contribution in [0, 0.1) is 5.92 Å². The van der Waals surface area contributed by atoms with E-state index in [1.165, 1.54) is 6.07 Å². The molecule has 0 aliphatic heterocycles. The highest BCUT2D eigenvalue weighted by Gasteiger charge is 2.29. The normalized spacial score (nSPS) is 15.4. The van der Waals surface area contributed by atoms with Crippen LogP contribution in [0.5, 0.6) is 5.75 Å². The van der Waals surface area contributed by atoms with Gasteiger partial charge in [-0.25, -0.2) is 5.43 Å². The van der Waals surface area contributed by atoms with Crippen LogP contribution in [-0.2, 0) is 4.79 Å². The van der Waals surface area contributed by atoms with E-state index >= 15 is 0 Å². The number of carbonyl (C=O) groups is 1. The Kier molecular flexibility index (Phi) is 4.32. The third kappa shape index (κ3) is 3.39. The summed E-state index contributed by atoms with van der Waals surface area (Å²) in [4.78, 5) is 11.5. The highest BCUT2D eigenvalue weighted by Crippen LogP contribution is 2.32. The van der Waals surface area contributed by atoms with Gasteiger partial charge in [0.15, 0.2) is 0 Å². The van der Waals surface area contributed by atoms with Gasteiger partial charge in [0.25, 0.3) is 0 Å². The molecule has 1 saturated carbocycles. The van der Waals surface area contributed by atoms with E-state index in [0.717, 1.165) is 12.8 Å². The molecule has 1 aromatic rings. The molecule has 1 aliphatic carbocycles. The molecule has 0 bridgehead atoms. The zero-order chi connectivity index (χ0) is 14.0. The van der Waals surface area contributed by atoms with Gasteiger partial charge < -0.3 is 5.11 Å². The van der Waals surface area contributed by atoms with Crippen molar-refractivity contribution in [1.29, 1.82) is 0 Å². The van der Waals surface area contributed by atoms with Crippen LogP contribution in [0.3, 0.4) is 0 Å². The van der Waals surface area contributed by atoms with Crippen LogP contribution in [0.1, 0.15) is 31.7 Å². The molecule has 0 atom stereocenters. The molecule has 0 aromatic heterocycles. The van der Waals surface area contributed by atoms with Crippen LogP contribution in [0.2, 0.25) is 10.0 Å². The molecular formula is C13H14Cl2N2O2. The fraction of sp³-hybridized carbons (Fsp3) is 0.385. The van der Waals surface area contributed by atoms with Crippen molar-refractivity contribution in [2.45, 2.75) is 26.2 Å². The van der Waals surface area contributed by atoms with Gasteiger partial charge in [-0.1, -0.05) is 30.1 Å². The quantitative estimate of drug-likeness (QED) is 0.662. The molecular weight excluding hydrogens is 287 g/mol. The third-order valence-corrected chi connectivity index (χ3v) is 3.43. The van der Waals surface area contributed by atoms with E-state index in [1.807, 2.05) is 6.92 Å². The van der Waals surface area contributed by atoms with Gasteiger partial charge in [-0.2, -0.15) is 5.10 Å². The smallest absolute Gasteiger partial charge is 0.243 e. The standard InChI is InChI=1S/C13H14Cl2N2O2/c1-2-11(16-17-13(19)7-3-4-7)9-5-8(14)6-10(15)12(9)18/h5-7,18H,2-4H2,1H3,(H,17,19)/b16-11+. The molecule has 2 N–H and O–H groups in total. The Morgan fingerprint density at radius 2 is 2.16 bits per heavy atom. The lowest BCUT2D eigenvalue weighted by Crippen LogP contribution is -2.21. The Bertz CT molecular complexity index is 540. The van der Waals surface area contributed by atoms with Gasteiger partial charge in [0.2, 0.25) is 5.91 Å². The second-order valence-electron chi connectivity index (χ2n) is 4.45. The number of phenolic OH excluding ortho intramolecular Hbond substituents is 1. The van der Waals surface area contributed by atoms with Crippen LogP contribution in [0.15, 0.2) is 17.2 Å². The summed E-state index contributed by atoms with van der Waals surface area (Å²) in [5.41, 5.74) is 3.49. The molecule has 4 nitrogen and oxygen atoms in total. The zero-order valence-electron chi connectivity index (χ0n) is 10.4. The van der Waals surface area contributed by atoms with Gasteiger partial charge in [-0.3, -0.25) is 4.79 Å². The summed E-state index contributed by atoms with van der Waals surface area (Å²) in [7, 11) is 0. The summed E-state index contributed by atoms with van der Waals surface area (Å²) in [6.45, 7) is 1.87. The average Bonchev–Trinajstić information content (AvgIpc) is 3.19. The SMILES string of the molecule is CC/C(=N\NC(=O)C1CC1)c1cc(Cl)cc(Cl)c1O. The number of phenols is 1. The number of aromatic hydroxyl groups is 1. The minimum Gasteiger partial charge on any atom is -0.506 e. The number of carbonyl (C=O) groups excluding carboxylic acids is 1. The lowest BCUT2D eigenvalue weighted by Gasteiger charge is -2.09. The van der Waals surface area contributed by atoms with E-state index < -0.39 is 0 Å². The minimum absolute atomic E-state index is 0.0765. The van der Waals surface area contributed by atoms with E-state index in [2.05, 4.69) is 10.5 Å². The van der Waals surface area contributed by atoms with Gasteiger partial charge in [0, 0.05) is 16.5 Å². The number of hydrogen-bond acceptors (Lipinski definition) is 3. The predicted molar refractivity (Wildman–Crippen MR) is 75.8 cm³/mol. The van der Waals surface area contributed by atoms with E-state index in [0.29, 0.717) is 22.7 Å². The second-order valence-corrected chi connectivity index (χ2v) is 5.29. The Balaban J connectivity index is 2.25. The van der Waals surface area contributed by atoms with Crippen LogP contribution in [0.4, 0.5) is 0 Å². The van der Waals surface area contributed by atoms with Gasteiger partial charge in [0.1, 0.15) is 5.75 Å². The topological polar surface area (TPSA) is 61.7 Å². The molecule has 1 aromatic carbocycles. The van der Waals surface area contributed by atoms with E-state index in [9.17, 15) is 9.90 Å². The van der Waals surface area contributed by atoms with Crippen molar-refractivity contribution in [1.82, 2.24) is 5.43 Å². The maximum Gasteiger partial charge on any atom is 0.243 e. The largest absolute Gasteiger partial charge is 0.506 e. The predicted octanol–water partition coefficient (Wildman–Crippen LogP) is 3.34. The summed E-state index contributed by atoms with van der Waals surface area (Å²) >= 11 is 11.8. The maximum absolute atomic E-state index is 11.5. The van der Waals surface area contributed by atoms with E-state index in [4.69, 9.17) is 23.2 Å². The molecule has 0 unspecified atom stereocenters. The van der Waals surface area contributed by atoms with Gasteiger partial charge in [-0.05, 0) is 31.4 Å². The van der Waals surface area contributed by atoms with E-state index in [-0.39, 0.29) is 22.6 Å². The minimum atomic E-state index is -0.0847. The molecule has 1 fully saturated rings. The summed E-state index contributed by atoms with van der Waals surface area (Å²) in [6.07, 6.45) is 2.36. The lowest BCUT2D eigenvalue weighted by atomic mass is 10.1. The first-order valence-electron chi connectivity index (χ1n) is 6.07. The fourth-order valence-electron chi connectivity index (χ4n) is 1.68. The maximum atomic E-state index is 11.5. The number of benzene rings is 1. The molecule has 6 heteroatoms. The number of amides is 1. The molecule has 19 heavy (non-hydrogen) atoms. The number of hydrazone groups is 1.